The maximum atomic E-state index is 5.79. The van der Waals surface area contributed by atoms with Crippen molar-refractivity contribution in [3.8, 4) is 0 Å². The second-order valence-corrected chi connectivity index (χ2v) is 3.91. The molecule has 3 nitrogen and oxygen atoms in total. The van der Waals surface area contributed by atoms with Gasteiger partial charge in [0.15, 0.2) is 0 Å². The number of rotatable bonds is 6. The minimum atomic E-state index is 0.807. The molecule has 0 bridgehead atoms. The van der Waals surface area contributed by atoms with Crippen LogP contribution in [0.3, 0.4) is 0 Å². The molecule has 84 valence electrons. The predicted molar refractivity (Wildman–Crippen MR) is 66.0 cm³/mol. The van der Waals surface area contributed by atoms with Crippen molar-refractivity contribution < 1.29 is 0 Å². The van der Waals surface area contributed by atoms with Crippen LogP contribution in [0.1, 0.15) is 38.2 Å². The summed E-state index contributed by atoms with van der Waals surface area (Å²) < 4.78 is 0. The third-order valence-corrected chi connectivity index (χ3v) is 2.48. The maximum Gasteiger partial charge on any atom is 0.127 e. The lowest BCUT2D eigenvalue weighted by atomic mass is 10.2. The molecule has 0 aliphatic rings. The Morgan fingerprint density at radius 3 is 2.80 bits per heavy atom. The van der Waals surface area contributed by atoms with Crippen LogP contribution in [0.5, 0.6) is 0 Å². The van der Waals surface area contributed by atoms with E-state index in [9.17, 15) is 0 Å². The Hall–Kier alpha value is -1.25. The topological polar surface area (TPSA) is 50.9 Å². The molecule has 0 saturated carbocycles. The number of hydrogen-bond donors (Lipinski definition) is 2. The lowest BCUT2D eigenvalue weighted by Gasteiger charge is -2.07. The van der Waals surface area contributed by atoms with E-state index in [2.05, 4.69) is 17.2 Å². The summed E-state index contributed by atoms with van der Waals surface area (Å²) in [6.45, 7) is 5.17. The van der Waals surface area contributed by atoms with Crippen molar-refractivity contribution in [2.45, 2.75) is 39.5 Å². The van der Waals surface area contributed by atoms with E-state index < -0.39 is 0 Å². The van der Waals surface area contributed by atoms with Crippen LogP contribution in [0.25, 0.3) is 0 Å². The second-order valence-electron chi connectivity index (χ2n) is 3.91. The van der Waals surface area contributed by atoms with E-state index in [1.807, 2.05) is 19.2 Å². The van der Waals surface area contributed by atoms with E-state index in [1.165, 1.54) is 25.7 Å². The van der Waals surface area contributed by atoms with Crippen molar-refractivity contribution in [2.24, 2.45) is 0 Å². The Morgan fingerprint density at radius 1 is 1.33 bits per heavy atom. The highest BCUT2D eigenvalue weighted by Crippen LogP contribution is 2.13. The van der Waals surface area contributed by atoms with Gasteiger partial charge in [-0.3, -0.25) is 0 Å². The minimum absolute atomic E-state index is 0.807. The quantitative estimate of drug-likeness (QED) is 0.705. The molecule has 0 aliphatic carbocycles. The van der Waals surface area contributed by atoms with Gasteiger partial charge in [-0.15, -0.1) is 0 Å². The van der Waals surface area contributed by atoms with Crippen molar-refractivity contribution in [2.75, 3.05) is 17.6 Å². The number of pyridine rings is 1. The average Bonchev–Trinajstić information content (AvgIpc) is 2.23. The molecule has 0 saturated heterocycles. The van der Waals surface area contributed by atoms with Gasteiger partial charge in [-0.1, -0.05) is 26.2 Å². The summed E-state index contributed by atoms with van der Waals surface area (Å²) in [6.07, 6.45) is 6.87. The first-order chi connectivity index (χ1) is 7.24. The molecule has 0 fully saturated rings. The average molecular weight is 207 g/mol. The fourth-order valence-corrected chi connectivity index (χ4v) is 1.40. The third kappa shape index (κ3) is 4.19. The largest absolute Gasteiger partial charge is 0.398 e. The number of nitrogen functional groups attached to an aromatic ring is 1. The summed E-state index contributed by atoms with van der Waals surface area (Å²) in [5, 5.41) is 3.28. The first kappa shape index (κ1) is 11.8. The smallest absolute Gasteiger partial charge is 0.127 e. The van der Waals surface area contributed by atoms with Crippen LogP contribution in [-0.2, 0) is 0 Å². The number of hydrogen-bond acceptors (Lipinski definition) is 3. The Labute approximate surface area is 92.1 Å². The first-order valence-corrected chi connectivity index (χ1v) is 5.70. The molecule has 0 aliphatic heterocycles. The second kappa shape index (κ2) is 6.27. The molecule has 0 amide bonds. The van der Waals surface area contributed by atoms with E-state index in [0.717, 1.165) is 23.6 Å². The maximum absolute atomic E-state index is 5.79. The Balaban J connectivity index is 2.28. The molecular formula is C12H21N3. The summed E-state index contributed by atoms with van der Waals surface area (Å²) in [7, 11) is 0. The SMILES string of the molecule is CCCCCCNc1cc(N)c(C)cn1. The van der Waals surface area contributed by atoms with Crippen LogP contribution in [-0.4, -0.2) is 11.5 Å². The Bertz CT molecular complexity index is 297. The van der Waals surface area contributed by atoms with E-state index in [0.29, 0.717) is 0 Å². The van der Waals surface area contributed by atoms with E-state index in [-0.39, 0.29) is 0 Å². The normalized spacial score (nSPS) is 10.3. The van der Waals surface area contributed by atoms with Gasteiger partial charge in [0.05, 0.1) is 0 Å². The molecule has 1 rings (SSSR count). The van der Waals surface area contributed by atoms with Gasteiger partial charge in [-0.2, -0.15) is 0 Å². The first-order valence-electron chi connectivity index (χ1n) is 5.70. The number of nitrogens with one attached hydrogen (secondary N) is 1. The summed E-state index contributed by atoms with van der Waals surface area (Å²) in [5.74, 6) is 0.884. The lowest BCUT2D eigenvalue weighted by Crippen LogP contribution is -2.04. The molecule has 0 unspecified atom stereocenters. The molecular weight excluding hydrogens is 186 g/mol. The summed E-state index contributed by atoms with van der Waals surface area (Å²) in [6, 6.07) is 1.90. The number of aryl methyl sites for hydroxylation is 1. The number of unbranched alkanes of at least 4 members (excludes halogenated alkanes) is 3. The van der Waals surface area contributed by atoms with Gasteiger partial charge in [-0.05, 0) is 18.9 Å². The van der Waals surface area contributed by atoms with E-state index in [1.54, 1.807) is 0 Å². The van der Waals surface area contributed by atoms with Crippen molar-refractivity contribution >= 4 is 11.5 Å². The molecule has 0 aromatic carbocycles. The molecule has 3 N–H and O–H groups in total. The van der Waals surface area contributed by atoms with Crippen LogP contribution >= 0.6 is 0 Å². The molecule has 15 heavy (non-hydrogen) atoms. The highest BCUT2D eigenvalue weighted by Gasteiger charge is 1.97. The zero-order valence-corrected chi connectivity index (χ0v) is 9.71. The summed E-state index contributed by atoms with van der Waals surface area (Å²) in [4.78, 5) is 4.27. The lowest BCUT2D eigenvalue weighted by molar-refractivity contribution is 0.684. The zero-order chi connectivity index (χ0) is 11.1. The van der Waals surface area contributed by atoms with Crippen molar-refractivity contribution in [3.63, 3.8) is 0 Å². The van der Waals surface area contributed by atoms with Crippen molar-refractivity contribution in [1.82, 2.24) is 4.98 Å². The van der Waals surface area contributed by atoms with Crippen molar-refractivity contribution in [1.29, 1.82) is 0 Å². The van der Waals surface area contributed by atoms with E-state index >= 15 is 0 Å². The number of nitrogens with two attached hydrogens (primary N) is 1. The monoisotopic (exact) mass is 207 g/mol. The van der Waals surface area contributed by atoms with Gasteiger partial charge < -0.3 is 11.1 Å². The highest BCUT2D eigenvalue weighted by molar-refractivity contribution is 5.53. The fraction of sp³-hybridized carbons (Fsp3) is 0.583. The molecule has 0 spiro atoms. The van der Waals surface area contributed by atoms with Crippen LogP contribution in [0, 0.1) is 6.92 Å². The standard InChI is InChI=1S/C12H21N3/c1-3-4-5-6-7-14-12-8-11(13)10(2)9-15-12/h8-9H,3-7H2,1-2H3,(H3,13,14,15). The summed E-state index contributed by atoms with van der Waals surface area (Å²) in [5.41, 5.74) is 7.63. The van der Waals surface area contributed by atoms with Crippen molar-refractivity contribution in [3.05, 3.63) is 17.8 Å². The number of anilines is 2. The van der Waals surface area contributed by atoms with Gasteiger partial charge in [-0.25, -0.2) is 4.98 Å². The molecule has 1 heterocycles. The third-order valence-electron chi connectivity index (χ3n) is 2.48. The Morgan fingerprint density at radius 2 is 2.13 bits per heavy atom. The molecule has 0 radical (unpaired) electrons. The van der Waals surface area contributed by atoms with Gasteiger partial charge in [0.25, 0.3) is 0 Å². The van der Waals surface area contributed by atoms with Gasteiger partial charge >= 0.3 is 0 Å². The zero-order valence-electron chi connectivity index (χ0n) is 9.71. The number of aromatic nitrogens is 1. The van der Waals surface area contributed by atoms with Crippen LogP contribution < -0.4 is 11.1 Å². The molecule has 3 heteroatoms. The van der Waals surface area contributed by atoms with Crippen LogP contribution in [0.15, 0.2) is 12.3 Å². The van der Waals surface area contributed by atoms with Gasteiger partial charge in [0.2, 0.25) is 0 Å². The predicted octanol–water partition coefficient (Wildman–Crippen LogP) is 2.96. The molecule has 1 aromatic heterocycles. The van der Waals surface area contributed by atoms with Crippen LogP contribution in [0.2, 0.25) is 0 Å². The van der Waals surface area contributed by atoms with Crippen LogP contribution in [0.4, 0.5) is 11.5 Å². The molecule has 0 atom stereocenters. The van der Waals surface area contributed by atoms with Gasteiger partial charge in [0, 0.05) is 24.5 Å². The summed E-state index contributed by atoms with van der Waals surface area (Å²) >= 11 is 0. The fourth-order valence-electron chi connectivity index (χ4n) is 1.40. The molecule has 1 aromatic rings. The highest BCUT2D eigenvalue weighted by atomic mass is 15.0. The minimum Gasteiger partial charge on any atom is -0.398 e. The van der Waals surface area contributed by atoms with Gasteiger partial charge in [0.1, 0.15) is 5.82 Å². The van der Waals surface area contributed by atoms with E-state index in [4.69, 9.17) is 5.73 Å². The number of nitrogens with zero attached hydrogens (tertiary/aromatic N) is 1. The Kier molecular flexibility index (Phi) is 4.95.